The van der Waals surface area contributed by atoms with Crippen molar-refractivity contribution in [2.24, 2.45) is 0 Å². The lowest BCUT2D eigenvalue weighted by Gasteiger charge is -2.33. The molecule has 2 N–H and O–H groups in total. The topological polar surface area (TPSA) is 104 Å². The highest BCUT2D eigenvalue weighted by Crippen LogP contribution is 2.31. The second-order valence-electron chi connectivity index (χ2n) is 9.71. The molecule has 1 aromatic carbocycles. The first kappa shape index (κ1) is 28.4. The summed E-state index contributed by atoms with van der Waals surface area (Å²) in [5.74, 6) is 1.37. The van der Waals surface area contributed by atoms with Crippen molar-refractivity contribution in [3.8, 4) is 6.01 Å². The zero-order valence-corrected chi connectivity index (χ0v) is 21.7. The van der Waals surface area contributed by atoms with Gasteiger partial charge in [-0.05, 0) is 43.9 Å². The Balaban J connectivity index is 1.27. The number of rotatable bonds is 8. The van der Waals surface area contributed by atoms with Gasteiger partial charge in [0.1, 0.15) is 18.0 Å². The Kier molecular flexibility index (Phi) is 8.17. The predicted octanol–water partition coefficient (Wildman–Crippen LogP) is 5.05. The molecule has 0 unspecified atom stereocenters. The minimum absolute atomic E-state index is 0.00907. The molecule has 2 saturated heterocycles. The van der Waals surface area contributed by atoms with Gasteiger partial charge in [-0.25, -0.2) is 9.97 Å². The highest BCUT2D eigenvalue weighted by atomic mass is 19.4. The van der Waals surface area contributed by atoms with Gasteiger partial charge < -0.3 is 25.2 Å². The smallest absolute Gasteiger partial charge is 0.422 e. The van der Waals surface area contributed by atoms with Gasteiger partial charge >= 0.3 is 18.4 Å². The first-order chi connectivity index (χ1) is 19.5. The van der Waals surface area contributed by atoms with Crippen LogP contribution in [-0.2, 0) is 6.18 Å². The minimum atomic E-state index is -4.64. The van der Waals surface area contributed by atoms with Crippen LogP contribution in [-0.4, -0.2) is 69.9 Å². The number of halogens is 6. The van der Waals surface area contributed by atoms with Gasteiger partial charge in [0, 0.05) is 44.0 Å². The fourth-order valence-corrected chi connectivity index (χ4v) is 4.66. The normalized spacial score (nSPS) is 16.6. The molecule has 2 aliphatic rings. The van der Waals surface area contributed by atoms with E-state index in [1.807, 2.05) is 6.07 Å². The van der Waals surface area contributed by atoms with Gasteiger partial charge in [0.15, 0.2) is 6.61 Å². The third kappa shape index (κ3) is 7.76. The van der Waals surface area contributed by atoms with Gasteiger partial charge in [-0.1, -0.05) is 6.07 Å². The quantitative estimate of drug-likeness (QED) is 0.351. The van der Waals surface area contributed by atoms with E-state index < -0.39 is 30.5 Å². The maximum absolute atomic E-state index is 13.1. The monoisotopic (exact) mass is 583 g/mol. The van der Waals surface area contributed by atoms with Crippen molar-refractivity contribution in [1.29, 1.82) is 0 Å². The fraction of sp³-hybridized carbons (Fsp3) is 0.480. The molecule has 0 saturated carbocycles. The highest BCUT2D eigenvalue weighted by molar-refractivity contribution is 5.56. The molecule has 10 nitrogen and oxygen atoms in total. The molecule has 16 heteroatoms. The Morgan fingerprint density at radius 1 is 0.829 bits per heavy atom. The van der Waals surface area contributed by atoms with Crippen LogP contribution >= 0.6 is 0 Å². The molecule has 4 heterocycles. The summed E-state index contributed by atoms with van der Waals surface area (Å²) in [5.41, 5.74) is -0.920. The molecule has 0 radical (unpaired) electrons. The summed E-state index contributed by atoms with van der Waals surface area (Å²) in [4.78, 5) is 25.1. The van der Waals surface area contributed by atoms with Crippen LogP contribution < -0.4 is 25.2 Å². The number of hydrogen-bond donors (Lipinski definition) is 2. The van der Waals surface area contributed by atoms with Crippen molar-refractivity contribution in [2.75, 3.05) is 53.2 Å². The SMILES string of the molecule is FC(F)(F)COc1nc(Nc2cccc(C(F)(F)F)c2)nc(NC2CCN(c3cc(N4CCCC4)ncn3)CC2)n1. The molecule has 0 spiro atoms. The Labute approximate surface area is 231 Å². The van der Waals surface area contributed by atoms with Crippen molar-refractivity contribution in [1.82, 2.24) is 24.9 Å². The second kappa shape index (κ2) is 11.8. The number of nitrogens with zero attached hydrogens (tertiary/aromatic N) is 7. The molecule has 2 aromatic heterocycles. The van der Waals surface area contributed by atoms with Crippen molar-refractivity contribution in [3.63, 3.8) is 0 Å². The average Bonchev–Trinajstić information content (AvgIpc) is 3.47. The molecular formula is C25H27F6N9O. The Morgan fingerprint density at radius 3 is 2.15 bits per heavy atom. The van der Waals surface area contributed by atoms with Crippen LogP contribution in [0.2, 0.25) is 0 Å². The summed E-state index contributed by atoms with van der Waals surface area (Å²) >= 11 is 0. The van der Waals surface area contributed by atoms with Crippen molar-refractivity contribution in [2.45, 2.75) is 44.1 Å². The van der Waals surface area contributed by atoms with Crippen LogP contribution in [0, 0.1) is 0 Å². The van der Waals surface area contributed by atoms with Crippen molar-refractivity contribution in [3.05, 3.63) is 42.2 Å². The molecule has 0 amide bonds. The molecular weight excluding hydrogens is 556 g/mol. The number of piperidine rings is 1. The largest absolute Gasteiger partial charge is 0.454 e. The Bertz CT molecular complexity index is 1330. The molecule has 2 aliphatic heterocycles. The number of nitrogens with one attached hydrogen (secondary N) is 2. The van der Waals surface area contributed by atoms with E-state index in [2.05, 4.69) is 45.4 Å². The second-order valence-corrected chi connectivity index (χ2v) is 9.71. The lowest BCUT2D eigenvalue weighted by atomic mass is 10.1. The van der Waals surface area contributed by atoms with Crippen molar-refractivity contribution >= 4 is 29.2 Å². The van der Waals surface area contributed by atoms with Gasteiger partial charge in [0.2, 0.25) is 11.9 Å². The van der Waals surface area contributed by atoms with E-state index in [-0.39, 0.29) is 23.6 Å². The van der Waals surface area contributed by atoms with Gasteiger partial charge in [0.25, 0.3) is 0 Å². The highest BCUT2D eigenvalue weighted by Gasteiger charge is 2.31. The van der Waals surface area contributed by atoms with Crippen LogP contribution in [0.15, 0.2) is 36.7 Å². The lowest BCUT2D eigenvalue weighted by molar-refractivity contribution is -0.154. The summed E-state index contributed by atoms with van der Waals surface area (Å²) in [7, 11) is 0. The lowest BCUT2D eigenvalue weighted by Crippen LogP contribution is -2.40. The first-order valence-electron chi connectivity index (χ1n) is 13.0. The zero-order chi connectivity index (χ0) is 29.0. The van der Waals surface area contributed by atoms with E-state index in [4.69, 9.17) is 4.74 Å². The predicted molar refractivity (Wildman–Crippen MR) is 138 cm³/mol. The molecule has 41 heavy (non-hydrogen) atoms. The van der Waals surface area contributed by atoms with Gasteiger partial charge in [-0.2, -0.15) is 41.3 Å². The van der Waals surface area contributed by atoms with E-state index in [1.165, 1.54) is 12.1 Å². The Morgan fingerprint density at radius 2 is 1.49 bits per heavy atom. The van der Waals surface area contributed by atoms with Crippen molar-refractivity contribution < 1.29 is 31.1 Å². The van der Waals surface area contributed by atoms with Crippen LogP contribution in [0.1, 0.15) is 31.2 Å². The van der Waals surface area contributed by atoms with E-state index >= 15 is 0 Å². The number of alkyl halides is 6. The number of benzene rings is 1. The van der Waals surface area contributed by atoms with Crippen LogP contribution in [0.3, 0.4) is 0 Å². The molecule has 0 aliphatic carbocycles. The molecule has 2 fully saturated rings. The number of anilines is 5. The third-order valence-electron chi connectivity index (χ3n) is 6.65. The maximum Gasteiger partial charge on any atom is 0.422 e. The minimum Gasteiger partial charge on any atom is -0.454 e. The first-order valence-corrected chi connectivity index (χ1v) is 13.0. The standard InChI is InChI=1S/C25H27F6N9O/c26-24(27,28)14-41-23-37-21(36-22(38-23)35-18-5-3-4-16(12-18)25(29,30)31)34-17-6-10-40(11-7-17)20-13-19(32-15-33-20)39-8-1-2-9-39/h3-5,12-13,15,17H,1-2,6-11,14H2,(H2,34,35,36,37,38). The zero-order valence-electron chi connectivity index (χ0n) is 21.7. The number of ether oxygens (including phenoxy) is 1. The van der Waals surface area contributed by atoms with E-state index in [0.717, 1.165) is 49.7 Å². The summed E-state index contributed by atoms with van der Waals surface area (Å²) in [6.45, 7) is 1.58. The Hall–Kier alpha value is -4.11. The molecule has 0 atom stereocenters. The third-order valence-corrected chi connectivity index (χ3v) is 6.65. The molecule has 3 aromatic rings. The van der Waals surface area contributed by atoms with Gasteiger partial charge in [-0.3, -0.25) is 0 Å². The van der Waals surface area contributed by atoms with Crippen LogP contribution in [0.4, 0.5) is 55.6 Å². The number of aromatic nitrogens is 5. The average molecular weight is 584 g/mol. The summed E-state index contributed by atoms with van der Waals surface area (Å²) in [6, 6.07) is 5.48. The summed E-state index contributed by atoms with van der Waals surface area (Å²) < 4.78 is 82.3. The molecule has 5 rings (SSSR count). The molecule has 220 valence electrons. The number of hydrogen-bond acceptors (Lipinski definition) is 10. The maximum atomic E-state index is 13.1. The molecule has 0 bridgehead atoms. The van der Waals surface area contributed by atoms with E-state index in [1.54, 1.807) is 6.33 Å². The summed E-state index contributed by atoms with van der Waals surface area (Å²) in [5, 5.41) is 5.70. The van der Waals surface area contributed by atoms with Gasteiger partial charge in [0.05, 0.1) is 5.56 Å². The van der Waals surface area contributed by atoms with E-state index in [0.29, 0.717) is 25.9 Å². The van der Waals surface area contributed by atoms with Gasteiger partial charge in [-0.15, -0.1) is 0 Å². The summed E-state index contributed by atoms with van der Waals surface area (Å²) in [6.07, 6.45) is -4.12. The van der Waals surface area contributed by atoms with E-state index in [9.17, 15) is 26.3 Å². The van der Waals surface area contributed by atoms with Crippen LogP contribution in [0.25, 0.3) is 0 Å². The fourth-order valence-electron chi connectivity index (χ4n) is 4.66. The van der Waals surface area contributed by atoms with Crippen LogP contribution in [0.5, 0.6) is 6.01 Å².